The van der Waals surface area contributed by atoms with Crippen LogP contribution in [0.3, 0.4) is 0 Å². The molecule has 2 unspecified atom stereocenters. The SMILES string of the molecule is O=C(O)C(c1ccccc1)N(c1ccc2c3c(oc2c1)CCCC3)S(=O)[O-]. The Morgan fingerprint density at radius 3 is 2.59 bits per heavy atom. The lowest BCUT2D eigenvalue weighted by Gasteiger charge is -2.32. The molecule has 27 heavy (non-hydrogen) atoms. The molecule has 1 aliphatic rings. The molecule has 6 nitrogen and oxygen atoms in total. The van der Waals surface area contributed by atoms with E-state index in [1.54, 1.807) is 42.5 Å². The van der Waals surface area contributed by atoms with E-state index in [1.165, 1.54) is 5.56 Å². The number of furan rings is 1. The van der Waals surface area contributed by atoms with Crippen molar-refractivity contribution in [3.8, 4) is 0 Å². The average molecular weight is 384 g/mol. The third-order valence-electron chi connectivity index (χ3n) is 4.94. The number of fused-ring (bicyclic) bond motifs is 3. The Kier molecular flexibility index (Phi) is 4.72. The lowest BCUT2D eigenvalue weighted by atomic mass is 9.96. The van der Waals surface area contributed by atoms with Crippen LogP contribution >= 0.6 is 0 Å². The molecule has 0 fully saturated rings. The summed E-state index contributed by atoms with van der Waals surface area (Å²) in [5.74, 6) is -0.301. The zero-order chi connectivity index (χ0) is 19.0. The second-order valence-corrected chi connectivity index (χ2v) is 7.41. The molecular weight excluding hydrogens is 366 g/mol. The minimum absolute atomic E-state index is 0.262. The highest BCUT2D eigenvalue weighted by atomic mass is 32.2. The molecule has 0 amide bonds. The summed E-state index contributed by atoms with van der Waals surface area (Å²) in [7, 11) is 0. The molecule has 0 bridgehead atoms. The van der Waals surface area contributed by atoms with E-state index in [9.17, 15) is 18.7 Å². The molecule has 140 valence electrons. The maximum absolute atomic E-state index is 12.0. The molecule has 0 spiro atoms. The summed E-state index contributed by atoms with van der Waals surface area (Å²) in [4.78, 5) is 11.9. The first kappa shape index (κ1) is 17.8. The van der Waals surface area contributed by atoms with Gasteiger partial charge in [-0.1, -0.05) is 30.3 Å². The normalized spacial score (nSPS) is 15.9. The Bertz CT molecular complexity index is 1010. The molecule has 2 atom stereocenters. The highest BCUT2D eigenvalue weighted by Gasteiger charge is 2.29. The quantitative estimate of drug-likeness (QED) is 0.676. The summed E-state index contributed by atoms with van der Waals surface area (Å²) in [6.45, 7) is 0. The number of benzene rings is 2. The zero-order valence-corrected chi connectivity index (χ0v) is 15.3. The first-order chi connectivity index (χ1) is 13.1. The Hall–Kier alpha value is -2.64. The van der Waals surface area contributed by atoms with Gasteiger partial charge in [-0.3, -0.25) is 8.51 Å². The van der Waals surface area contributed by atoms with E-state index >= 15 is 0 Å². The maximum Gasteiger partial charge on any atom is 0.332 e. The van der Waals surface area contributed by atoms with E-state index in [0.717, 1.165) is 41.1 Å². The highest BCUT2D eigenvalue weighted by Crippen LogP contribution is 2.36. The van der Waals surface area contributed by atoms with E-state index in [1.807, 2.05) is 6.07 Å². The summed E-state index contributed by atoms with van der Waals surface area (Å²) in [6, 6.07) is 12.0. The van der Waals surface area contributed by atoms with E-state index in [0.29, 0.717) is 11.1 Å². The molecule has 3 aromatic rings. The number of carboxylic acids is 1. The minimum atomic E-state index is -2.78. The highest BCUT2D eigenvalue weighted by molar-refractivity contribution is 7.80. The van der Waals surface area contributed by atoms with Crippen molar-refractivity contribution in [2.24, 2.45) is 0 Å². The van der Waals surface area contributed by atoms with E-state index in [4.69, 9.17) is 4.42 Å². The Balaban J connectivity index is 1.82. The molecule has 1 N–H and O–H groups in total. The zero-order valence-electron chi connectivity index (χ0n) is 14.5. The van der Waals surface area contributed by atoms with E-state index in [-0.39, 0.29) is 5.69 Å². The van der Waals surface area contributed by atoms with E-state index < -0.39 is 23.3 Å². The number of nitrogens with zero attached hydrogens (tertiary/aromatic N) is 1. The van der Waals surface area contributed by atoms with Crippen LogP contribution in [0.1, 0.15) is 35.8 Å². The van der Waals surface area contributed by atoms with Crippen molar-refractivity contribution in [2.45, 2.75) is 31.7 Å². The topological polar surface area (TPSA) is 93.8 Å². The van der Waals surface area contributed by atoms with Gasteiger partial charge in [0.25, 0.3) is 0 Å². The van der Waals surface area contributed by atoms with Gasteiger partial charge in [0.05, 0.1) is 5.69 Å². The van der Waals surface area contributed by atoms with Crippen molar-refractivity contribution in [2.75, 3.05) is 4.31 Å². The number of hydrogen-bond donors (Lipinski definition) is 1. The van der Waals surface area contributed by atoms with Gasteiger partial charge in [-0.25, -0.2) is 4.79 Å². The summed E-state index contributed by atoms with van der Waals surface area (Å²) < 4.78 is 30.8. The molecule has 7 heteroatoms. The number of carbonyl (C=O) groups is 1. The van der Waals surface area contributed by atoms with Gasteiger partial charge < -0.3 is 14.1 Å². The van der Waals surface area contributed by atoms with Gasteiger partial charge in [0.15, 0.2) is 6.04 Å². The van der Waals surface area contributed by atoms with Crippen molar-refractivity contribution in [3.63, 3.8) is 0 Å². The second-order valence-electron chi connectivity index (χ2n) is 6.59. The Morgan fingerprint density at radius 2 is 1.89 bits per heavy atom. The summed E-state index contributed by atoms with van der Waals surface area (Å²) in [5, 5.41) is 10.7. The van der Waals surface area contributed by atoms with Crippen LogP contribution in [0.4, 0.5) is 5.69 Å². The van der Waals surface area contributed by atoms with Crippen LogP contribution in [0.5, 0.6) is 0 Å². The number of aliphatic carboxylic acids is 1. The van der Waals surface area contributed by atoms with Gasteiger partial charge in [-0.15, -0.1) is 0 Å². The van der Waals surface area contributed by atoms with Crippen LogP contribution in [0.25, 0.3) is 11.0 Å². The second kappa shape index (κ2) is 7.17. The van der Waals surface area contributed by atoms with Crippen LogP contribution in [-0.2, 0) is 28.9 Å². The van der Waals surface area contributed by atoms with Crippen LogP contribution in [0, 0.1) is 0 Å². The molecular formula is C20H18NO5S-. The van der Waals surface area contributed by atoms with Crippen LogP contribution < -0.4 is 4.31 Å². The molecule has 0 aliphatic heterocycles. The first-order valence-electron chi connectivity index (χ1n) is 8.77. The largest absolute Gasteiger partial charge is 0.755 e. The third-order valence-corrected chi connectivity index (χ3v) is 5.68. The third kappa shape index (κ3) is 3.24. The lowest BCUT2D eigenvalue weighted by Crippen LogP contribution is -2.35. The van der Waals surface area contributed by atoms with Crippen molar-refractivity contribution in [1.82, 2.24) is 0 Å². The van der Waals surface area contributed by atoms with Crippen molar-refractivity contribution < 1.29 is 23.1 Å². The number of hydrogen-bond acceptors (Lipinski definition) is 4. The monoisotopic (exact) mass is 384 g/mol. The molecule has 1 aliphatic carbocycles. The minimum Gasteiger partial charge on any atom is -0.755 e. The van der Waals surface area contributed by atoms with Crippen molar-refractivity contribution in [3.05, 3.63) is 65.4 Å². The molecule has 4 rings (SSSR count). The predicted octanol–water partition coefficient (Wildman–Crippen LogP) is 3.74. The fourth-order valence-corrected chi connectivity index (χ4v) is 4.39. The van der Waals surface area contributed by atoms with Crippen molar-refractivity contribution in [1.29, 1.82) is 0 Å². The molecule has 1 heterocycles. The summed E-state index contributed by atoms with van der Waals surface area (Å²) in [5.41, 5.74) is 2.41. The first-order valence-corrected chi connectivity index (χ1v) is 9.80. The summed E-state index contributed by atoms with van der Waals surface area (Å²) in [6.07, 6.45) is 4.00. The number of rotatable bonds is 5. The fraction of sp³-hybridized carbons (Fsp3) is 0.250. The predicted molar refractivity (Wildman–Crippen MR) is 101 cm³/mol. The van der Waals surface area contributed by atoms with Crippen LogP contribution in [0.15, 0.2) is 52.9 Å². The van der Waals surface area contributed by atoms with Gasteiger partial charge in [0.2, 0.25) is 0 Å². The standard InChI is InChI=1S/C20H19NO5S/c22-20(23)19(13-6-2-1-3-7-13)21(27(24)25)14-10-11-16-15-8-4-5-9-17(15)26-18(16)12-14/h1-3,6-7,10-12,19H,4-5,8-9H2,(H,22,23)(H,24,25)/p-1. The van der Waals surface area contributed by atoms with Crippen LogP contribution in [0.2, 0.25) is 0 Å². The van der Waals surface area contributed by atoms with Gasteiger partial charge in [-0.2, -0.15) is 0 Å². The van der Waals surface area contributed by atoms with E-state index in [2.05, 4.69) is 0 Å². The smallest absolute Gasteiger partial charge is 0.332 e. The van der Waals surface area contributed by atoms with Gasteiger partial charge in [0.1, 0.15) is 11.3 Å². The Morgan fingerprint density at radius 1 is 1.15 bits per heavy atom. The number of aryl methyl sites for hydroxylation is 2. The average Bonchev–Trinajstić information content (AvgIpc) is 3.03. The molecule has 0 saturated heterocycles. The maximum atomic E-state index is 12.0. The van der Waals surface area contributed by atoms with Gasteiger partial charge >= 0.3 is 5.97 Å². The molecule has 0 radical (unpaired) electrons. The van der Waals surface area contributed by atoms with Gasteiger partial charge in [0, 0.05) is 34.7 Å². The summed E-state index contributed by atoms with van der Waals surface area (Å²) >= 11 is -2.78. The number of carboxylic acid groups (broad SMARTS) is 1. The lowest BCUT2D eigenvalue weighted by molar-refractivity contribution is -0.138. The fourth-order valence-electron chi connectivity index (χ4n) is 3.72. The number of anilines is 1. The Labute approximate surface area is 158 Å². The van der Waals surface area contributed by atoms with Gasteiger partial charge in [-0.05, 0) is 37.0 Å². The molecule has 0 saturated carbocycles. The van der Waals surface area contributed by atoms with Crippen molar-refractivity contribution >= 4 is 33.9 Å². The van der Waals surface area contributed by atoms with Crippen LogP contribution in [-0.4, -0.2) is 19.8 Å². The molecule has 2 aromatic carbocycles. The molecule has 1 aromatic heterocycles.